The molecule has 136 valence electrons. The van der Waals surface area contributed by atoms with Gasteiger partial charge in [0.2, 0.25) is 0 Å². The number of aromatic nitrogens is 1. The molecular formula is C19H23N5OS. The number of benzene rings is 1. The molecule has 1 unspecified atom stereocenters. The number of nitrogens with one attached hydrogen (secondary N) is 2. The Labute approximate surface area is 159 Å². The summed E-state index contributed by atoms with van der Waals surface area (Å²) in [4.78, 5) is 9.05. The minimum absolute atomic E-state index is 0.100. The highest BCUT2D eigenvalue weighted by molar-refractivity contribution is 7.80. The van der Waals surface area contributed by atoms with Crippen molar-refractivity contribution in [3.8, 4) is 5.75 Å². The molecule has 0 amide bonds. The molecule has 1 fully saturated rings. The average molecular weight is 369 g/mol. The number of hydrazine groups is 1. The molecule has 0 saturated carbocycles. The van der Waals surface area contributed by atoms with Gasteiger partial charge in [-0.1, -0.05) is 18.2 Å². The van der Waals surface area contributed by atoms with E-state index in [1.54, 1.807) is 6.20 Å². The van der Waals surface area contributed by atoms with Crippen LogP contribution in [0.15, 0.2) is 48.7 Å². The van der Waals surface area contributed by atoms with Gasteiger partial charge in [0.25, 0.3) is 0 Å². The first-order chi connectivity index (χ1) is 12.8. The van der Waals surface area contributed by atoms with Gasteiger partial charge in [0.1, 0.15) is 11.4 Å². The molecule has 0 aliphatic carbocycles. The van der Waals surface area contributed by atoms with E-state index in [4.69, 9.17) is 17.0 Å². The summed E-state index contributed by atoms with van der Waals surface area (Å²) < 4.78 is 5.65. The van der Waals surface area contributed by atoms with Crippen molar-refractivity contribution in [1.29, 1.82) is 0 Å². The highest BCUT2D eigenvalue weighted by atomic mass is 32.1. The highest BCUT2D eigenvalue weighted by Crippen LogP contribution is 2.29. The van der Waals surface area contributed by atoms with Crippen LogP contribution >= 0.6 is 12.2 Å². The van der Waals surface area contributed by atoms with Crippen molar-refractivity contribution < 1.29 is 4.74 Å². The molecule has 0 bridgehead atoms. The Morgan fingerprint density at radius 2 is 1.88 bits per heavy atom. The molecule has 2 aliphatic heterocycles. The molecule has 2 aliphatic rings. The van der Waals surface area contributed by atoms with Gasteiger partial charge in [0.15, 0.2) is 5.11 Å². The van der Waals surface area contributed by atoms with E-state index < -0.39 is 0 Å². The molecule has 26 heavy (non-hydrogen) atoms. The second kappa shape index (κ2) is 7.88. The molecule has 0 radical (unpaired) electrons. The predicted molar refractivity (Wildman–Crippen MR) is 106 cm³/mol. The Kier molecular flexibility index (Phi) is 5.17. The van der Waals surface area contributed by atoms with E-state index in [0.717, 1.165) is 49.2 Å². The summed E-state index contributed by atoms with van der Waals surface area (Å²) in [6, 6.07) is 14.5. The van der Waals surface area contributed by atoms with Crippen LogP contribution in [0, 0.1) is 0 Å². The maximum absolute atomic E-state index is 5.65. The Bertz CT molecular complexity index is 749. The van der Waals surface area contributed by atoms with Gasteiger partial charge >= 0.3 is 0 Å². The molecule has 1 aromatic carbocycles. The third kappa shape index (κ3) is 3.73. The van der Waals surface area contributed by atoms with Gasteiger partial charge in [-0.2, -0.15) is 0 Å². The zero-order chi connectivity index (χ0) is 17.8. The zero-order valence-corrected chi connectivity index (χ0v) is 15.4. The van der Waals surface area contributed by atoms with Crippen LogP contribution in [0.4, 0.5) is 5.69 Å². The lowest BCUT2D eigenvalue weighted by atomic mass is 10.1. The van der Waals surface area contributed by atoms with Crippen LogP contribution in [0.5, 0.6) is 5.75 Å². The molecule has 3 heterocycles. The standard InChI is InChI=1S/C19H23N5OS/c26-19(22-21-16-8-14-25-17-7-4-9-20-18(16)17)24-12-10-23(11-13-24)15-5-2-1-3-6-15/h1-7,9,16,21H,8,10-14H2,(H,22,26). The lowest BCUT2D eigenvalue weighted by Gasteiger charge is -2.38. The predicted octanol–water partition coefficient (Wildman–Crippen LogP) is 2.11. The summed E-state index contributed by atoms with van der Waals surface area (Å²) in [5.41, 5.74) is 8.75. The lowest BCUT2D eigenvalue weighted by Crippen LogP contribution is -2.55. The number of nitrogens with zero attached hydrogens (tertiary/aromatic N) is 3. The Hall–Kier alpha value is -2.38. The van der Waals surface area contributed by atoms with E-state index in [9.17, 15) is 0 Å². The fraction of sp³-hybridized carbons (Fsp3) is 0.368. The van der Waals surface area contributed by atoms with Crippen LogP contribution in [0.2, 0.25) is 0 Å². The van der Waals surface area contributed by atoms with Gasteiger partial charge in [-0.25, -0.2) is 5.43 Å². The van der Waals surface area contributed by atoms with Gasteiger partial charge in [-0.15, -0.1) is 0 Å². The van der Waals surface area contributed by atoms with E-state index in [2.05, 4.69) is 49.9 Å². The van der Waals surface area contributed by atoms with Crippen molar-refractivity contribution in [2.75, 3.05) is 37.7 Å². The van der Waals surface area contributed by atoms with Crippen molar-refractivity contribution in [3.63, 3.8) is 0 Å². The van der Waals surface area contributed by atoms with Crippen molar-refractivity contribution in [1.82, 2.24) is 20.7 Å². The largest absolute Gasteiger partial charge is 0.492 e. The van der Waals surface area contributed by atoms with Gasteiger partial charge in [-0.05, 0) is 36.5 Å². The monoisotopic (exact) mass is 369 g/mol. The van der Waals surface area contributed by atoms with Crippen LogP contribution in [0.3, 0.4) is 0 Å². The summed E-state index contributed by atoms with van der Waals surface area (Å²) in [6.07, 6.45) is 2.66. The third-order valence-electron chi connectivity index (χ3n) is 4.84. The summed E-state index contributed by atoms with van der Waals surface area (Å²) in [5, 5.41) is 0.738. The first-order valence-electron chi connectivity index (χ1n) is 8.99. The van der Waals surface area contributed by atoms with E-state index in [1.165, 1.54) is 5.69 Å². The highest BCUT2D eigenvalue weighted by Gasteiger charge is 2.24. The topological polar surface area (TPSA) is 52.7 Å². The molecule has 1 aromatic heterocycles. The van der Waals surface area contributed by atoms with Crippen molar-refractivity contribution in [2.24, 2.45) is 0 Å². The second-order valence-corrected chi connectivity index (χ2v) is 6.85. The lowest BCUT2D eigenvalue weighted by molar-refractivity contribution is 0.242. The van der Waals surface area contributed by atoms with Crippen LogP contribution in [-0.4, -0.2) is 47.8 Å². The van der Waals surface area contributed by atoms with Crippen molar-refractivity contribution >= 4 is 23.0 Å². The molecule has 0 spiro atoms. The summed E-state index contributed by atoms with van der Waals surface area (Å²) in [5.74, 6) is 0.848. The number of rotatable bonds is 3. The molecule has 4 rings (SSSR count). The fourth-order valence-corrected chi connectivity index (χ4v) is 3.63. The van der Waals surface area contributed by atoms with Crippen LogP contribution in [0.25, 0.3) is 0 Å². The molecule has 2 N–H and O–H groups in total. The number of thiocarbonyl (C=S) groups is 1. The molecule has 1 atom stereocenters. The van der Waals surface area contributed by atoms with E-state index in [0.29, 0.717) is 6.61 Å². The molecular weight excluding hydrogens is 346 g/mol. The Morgan fingerprint density at radius 1 is 1.08 bits per heavy atom. The molecule has 1 saturated heterocycles. The normalized spacial score (nSPS) is 19.5. The van der Waals surface area contributed by atoms with Gasteiger partial charge in [0, 0.05) is 44.5 Å². The first kappa shape index (κ1) is 17.1. The average Bonchev–Trinajstić information content (AvgIpc) is 2.73. The first-order valence-corrected chi connectivity index (χ1v) is 9.40. The smallest absolute Gasteiger partial charge is 0.183 e. The maximum atomic E-state index is 5.65. The maximum Gasteiger partial charge on any atom is 0.183 e. The number of para-hydroxylation sites is 1. The van der Waals surface area contributed by atoms with Gasteiger partial charge in [-0.3, -0.25) is 10.4 Å². The number of anilines is 1. The van der Waals surface area contributed by atoms with Crippen LogP contribution < -0.4 is 20.5 Å². The SMILES string of the molecule is S=C(NNC1CCOc2cccnc21)N1CCN(c2ccccc2)CC1. The molecule has 2 aromatic rings. The van der Waals surface area contributed by atoms with E-state index in [1.807, 2.05) is 18.2 Å². The van der Waals surface area contributed by atoms with Crippen molar-refractivity contribution in [3.05, 3.63) is 54.4 Å². The molecule has 7 heteroatoms. The fourth-order valence-electron chi connectivity index (χ4n) is 3.38. The summed E-state index contributed by atoms with van der Waals surface area (Å²) in [6.45, 7) is 4.43. The number of hydrogen-bond acceptors (Lipinski definition) is 5. The van der Waals surface area contributed by atoms with Crippen LogP contribution in [-0.2, 0) is 0 Å². The number of fused-ring (bicyclic) bond motifs is 1. The quantitative estimate of drug-likeness (QED) is 0.635. The van der Waals surface area contributed by atoms with Gasteiger partial charge < -0.3 is 14.5 Å². The second-order valence-electron chi connectivity index (χ2n) is 6.46. The zero-order valence-electron chi connectivity index (χ0n) is 14.6. The van der Waals surface area contributed by atoms with E-state index in [-0.39, 0.29) is 6.04 Å². The minimum atomic E-state index is 0.100. The van der Waals surface area contributed by atoms with Crippen molar-refractivity contribution in [2.45, 2.75) is 12.5 Å². The Morgan fingerprint density at radius 3 is 2.69 bits per heavy atom. The number of piperazine rings is 1. The number of ether oxygens (including phenoxy) is 1. The Balaban J connectivity index is 1.29. The number of pyridine rings is 1. The van der Waals surface area contributed by atoms with Gasteiger partial charge in [0.05, 0.1) is 12.6 Å². The van der Waals surface area contributed by atoms with Crippen LogP contribution in [0.1, 0.15) is 18.2 Å². The summed E-state index contributed by atoms with van der Waals surface area (Å²) in [7, 11) is 0. The number of hydrogen-bond donors (Lipinski definition) is 2. The third-order valence-corrected chi connectivity index (χ3v) is 5.20. The van der Waals surface area contributed by atoms with E-state index >= 15 is 0 Å². The molecule has 6 nitrogen and oxygen atoms in total. The summed E-state index contributed by atoms with van der Waals surface area (Å²) >= 11 is 5.58. The minimum Gasteiger partial charge on any atom is -0.492 e.